The Kier molecular flexibility index (Phi) is 5.07. The third kappa shape index (κ3) is 2.85. The molecule has 3 atom stereocenters. The van der Waals surface area contributed by atoms with Crippen LogP contribution in [-0.2, 0) is 4.74 Å². The molecule has 0 bridgehead atoms. The van der Waals surface area contributed by atoms with Crippen molar-refractivity contribution in [2.75, 3.05) is 7.05 Å². The van der Waals surface area contributed by atoms with Crippen molar-refractivity contribution < 1.29 is 23.6 Å². The molecule has 1 aliphatic rings. The molecule has 2 aromatic rings. The predicted molar refractivity (Wildman–Crippen MR) is 75.5 cm³/mol. The summed E-state index contributed by atoms with van der Waals surface area (Å²) in [5.41, 5.74) is 2.33. The average Bonchev–Trinajstić information content (AvgIpc) is 2.77. The van der Waals surface area contributed by atoms with E-state index in [-0.39, 0.29) is 31.2 Å². The number of rotatable bonds is 2. The third-order valence-electron chi connectivity index (χ3n) is 3.85. The molecule has 3 rings (SSSR count). The predicted octanol–water partition coefficient (Wildman–Crippen LogP) is 0.581. The van der Waals surface area contributed by atoms with Crippen molar-refractivity contribution in [3.8, 4) is 0 Å². The van der Waals surface area contributed by atoms with Crippen molar-refractivity contribution in [1.29, 1.82) is 0 Å². The molecule has 0 spiro atoms. The molecule has 1 aliphatic heterocycles. The standard InChI is InChI=1S/C17H18NO.Li/c1-13-16(14-9-5-3-6-10-14)19-17(18(13)2)15-11-7-4-8-12-15;/h3-11,13,16-17H,1-2H3;/q-1;+1. The van der Waals surface area contributed by atoms with Crippen LogP contribution in [0.4, 0.5) is 0 Å². The van der Waals surface area contributed by atoms with Crippen LogP contribution in [0, 0.1) is 6.07 Å². The van der Waals surface area contributed by atoms with E-state index in [1.54, 1.807) is 0 Å². The van der Waals surface area contributed by atoms with Gasteiger partial charge in [0.05, 0.1) is 0 Å². The van der Waals surface area contributed by atoms with Gasteiger partial charge in [-0.25, -0.2) is 0 Å². The zero-order valence-electron chi connectivity index (χ0n) is 12.3. The molecule has 2 nitrogen and oxygen atoms in total. The fourth-order valence-corrected chi connectivity index (χ4v) is 2.63. The van der Waals surface area contributed by atoms with E-state index < -0.39 is 0 Å². The van der Waals surface area contributed by atoms with Crippen LogP contribution in [0.3, 0.4) is 0 Å². The fraction of sp³-hybridized carbons (Fsp3) is 0.294. The second-order valence-corrected chi connectivity index (χ2v) is 5.04. The second-order valence-electron chi connectivity index (χ2n) is 5.04. The number of nitrogens with zero attached hydrogens (tertiary/aromatic N) is 1. The molecule has 0 aliphatic carbocycles. The van der Waals surface area contributed by atoms with E-state index in [1.165, 1.54) is 5.56 Å². The van der Waals surface area contributed by atoms with Gasteiger partial charge in [-0.1, -0.05) is 30.3 Å². The molecular formula is C17H18LiNO. The zero-order valence-corrected chi connectivity index (χ0v) is 12.3. The molecule has 98 valence electrons. The topological polar surface area (TPSA) is 12.5 Å². The minimum Gasteiger partial charge on any atom is -0.352 e. The molecule has 20 heavy (non-hydrogen) atoms. The first-order valence-corrected chi connectivity index (χ1v) is 6.66. The molecule has 0 N–H and O–H groups in total. The van der Waals surface area contributed by atoms with Crippen molar-refractivity contribution in [2.45, 2.75) is 25.3 Å². The molecule has 1 heterocycles. The van der Waals surface area contributed by atoms with Gasteiger partial charge >= 0.3 is 18.9 Å². The fourth-order valence-electron chi connectivity index (χ4n) is 2.63. The largest absolute Gasteiger partial charge is 1.00 e. The molecule has 0 amide bonds. The van der Waals surface area contributed by atoms with Crippen LogP contribution in [0.5, 0.6) is 0 Å². The van der Waals surface area contributed by atoms with Crippen LogP contribution in [-0.4, -0.2) is 18.0 Å². The summed E-state index contributed by atoms with van der Waals surface area (Å²) in [4.78, 5) is 2.27. The summed E-state index contributed by atoms with van der Waals surface area (Å²) >= 11 is 0. The number of hydrogen-bond acceptors (Lipinski definition) is 2. The molecule has 0 radical (unpaired) electrons. The molecule has 1 fully saturated rings. The van der Waals surface area contributed by atoms with Crippen molar-refractivity contribution in [3.63, 3.8) is 0 Å². The second kappa shape index (κ2) is 6.61. The minimum absolute atomic E-state index is 0. The summed E-state index contributed by atoms with van der Waals surface area (Å²) in [6.07, 6.45) is 0.103. The Morgan fingerprint density at radius 1 is 1.05 bits per heavy atom. The van der Waals surface area contributed by atoms with Crippen LogP contribution in [0.1, 0.15) is 30.4 Å². The Balaban J connectivity index is 0.00000147. The Morgan fingerprint density at radius 2 is 1.75 bits per heavy atom. The van der Waals surface area contributed by atoms with E-state index >= 15 is 0 Å². The van der Waals surface area contributed by atoms with Gasteiger partial charge in [-0.05, 0) is 19.5 Å². The summed E-state index contributed by atoms with van der Waals surface area (Å²) in [5, 5.41) is 0. The van der Waals surface area contributed by atoms with Gasteiger partial charge in [0, 0.05) is 6.04 Å². The van der Waals surface area contributed by atoms with Crippen molar-refractivity contribution in [1.82, 2.24) is 4.90 Å². The van der Waals surface area contributed by atoms with Crippen LogP contribution >= 0.6 is 0 Å². The van der Waals surface area contributed by atoms with Crippen LogP contribution < -0.4 is 18.9 Å². The Hall–Kier alpha value is -1.04. The maximum absolute atomic E-state index is 6.25. The Morgan fingerprint density at radius 3 is 2.40 bits per heavy atom. The van der Waals surface area contributed by atoms with E-state index in [0.29, 0.717) is 6.04 Å². The number of likely N-dealkylation sites (N-methyl/N-ethyl adjacent to an activating group) is 1. The van der Waals surface area contributed by atoms with E-state index in [2.05, 4.69) is 55.3 Å². The summed E-state index contributed by atoms with van der Waals surface area (Å²) in [5.74, 6) is 0. The van der Waals surface area contributed by atoms with Gasteiger partial charge < -0.3 is 4.74 Å². The van der Waals surface area contributed by atoms with Gasteiger partial charge in [0.15, 0.2) is 0 Å². The quantitative estimate of drug-likeness (QED) is 0.578. The molecule has 2 aromatic carbocycles. The van der Waals surface area contributed by atoms with E-state index in [4.69, 9.17) is 4.74 Å². The first kappa shape index (κ1) is 15.3. The van der Waals surface area contributed by atoms with Crippen molar-refractivity contribution in [3.05, 3.63) is 71.8 Å². The molecular weight excluding hydrogens is 241 g/mol. The van der Waals surface area contributed by atoms with Crippen LogP contribution in [0.2, 0.25) is 0 Å². The van der Waals surface area contributed by atoms with Crippen LogP contribution in [0.15, 0.2) is 54.6 Å². The molecule has 0 saturated carbocycles. The first-order chi connectivity index (χ1) is 9.27. The van der Waals surface area contributed by atoms with Gasteiger partial charge in [-0.2, -0.15) is 30.3 Å². The molecule has 0 aromatic heterocycles. The Bertz CT molecular complexity index is 482. The van der Waals surface area contributed by atoms with E-state index in [9.17, 15) is 0 Å². The molecule has 3 heteroatoms. The monoisotopic (exact) mass is 259 g/mol. The average molecular weight is 259 g/mol. The normalized spacial score (nSPS) is 26.2. The number of benzene rings is 2. The number of ether oxygens (including phenoxy) is 1. The molecule has 1 saturated heterocycles. The van der Waals surface area contributed by atoms with Gasteiger partial charge in [0.25, 0.3) is 0 Å². The minimum atomic E-state index is -0.0126. The zero-order chi connectivity index (χ0) is 13.2. The van der Waals surface area contributed by atoms with Gasteiger partial charge in [-0.15, -0.1) is 5.56 Å². The number of hydrogen-bond donors (Lipinski definition) is 0. The molecule has 3 unspecified atom stereocenters. The first-order valence-electron chi connectivity index (χ1n) is 6.66. The maximum atomic E-state index is 6.25. The SMILES string of the molecule is CC1C(c2ccccc2)OC(c2[c-]cccc2)N1C.[Li+]. The smallest absolute Gasteiger partial charge is 0.352 e. The maximum Gasteiger partial charge on any atom is 1.00 e. The van der Waals surface area contributed by atoms with E-state index in [1.807, 2.05) is 24.3 Å². The van der Waals surface area contributed by atoms with Gasteiger partial charge in [0.1, 0.15) is 12.3 Å². The summed E-state index contributed by atoms with van der Waals surface area (Å²) in [7, 11) is 2.11. The summed E-state index contributed by atoms with van der Waals surface area (Å²) < 4.78 is 6.25. The van der Waals surface area contributed by atoms with E-state index in [0.717, 1.165) is 5.56 Å². The van der Waals surface area contributed by atoms with Gasteiger partial charge in [-0.3, -0.25) is 4.90 Å². The van der Waals surface area contributed by atoms with Crippen molar-refractivity contribution in [2.24, 2.45) is 0 Å². The third-order valence-corrected chi connectivity index (χ3v) is 3.85. The summed E-state index contributed by atoms with van der Waals surface area (Å²) in [6.45, 7) is 2.21. The van der Waals surface area contributed by atoms with Crippen LogP contribution in [0.25, 0.3) is 0 Å². The summed E-state index contributed by atoms with van der Waals surface area (Å²) in [6, 6.07) is 22.1. The van der Waals surface area contributed by atoms with Gasteiger partial charge in [0.2, 0.25) is 0 Å². The Labute approximate surface area is 132 Å². The van der Waals surface area contributed by atoms with Crippen molar-refractivity contribution >= 4 is 0 Å².